The molecule has 2 heterocycles. The summed E-state index contributed by atoms with van der Waals surface area (Å²) in [6, 6.07) is 7.13. The second-order valence-corrected chi connectivity index (χ2v) is 8.25. The van der Waals surface area contributed by atoms with Crippen molar-refractivity contribution in [3.8, 4) is 0 Å². The van der Waals surface area contributed by atoms with Crippen molar-refractivity contribution >= 4 is 29.5 Å². The maximum Gasteiger partial charge on any atom is 0.407 e. The molecule has 2 fully saturated rings. The van der Waals surface area contributed by atoms with Crippen molar-refractivity contribution in [3.63, 3.8) is 0 Å². The summed E-state index contributed by atoms with van der Waals surface area (Å²) in [5.41, 5.74) is 0.987. The minimum atomic E-state index is -0.972. The zero-order chi connectivity index (χ0) is 21.1. The maximum absolute atomic E-state index is 13.2. The molecule has 1 aromatic carbocycles. The third-order valence-corrected chi connectivity index (χ3v) is 6.43. The number of likely N-dealkylation sites (tertiary alicyclic amines) is 2. The number of benzene rings is 1. The third-order valence-electron chi connectivity index (χ3n) is 6.18. The summed E-state index contributed by atoms with van der Waals surface area (Å²) in [6.07, 6.45) is 0.337. The first-order valence-corrected chi connectivity index (χ1v) is 10.5. The van der Waals surface area contributed by atoms with Crippen molar-refractivity contribution in [3.05, 3.63) is 34.9 Å². The zero-order valence-corrected chi connectivity index (χ0v) is 17.6. The van der Waals surface area contributed by atoms with E-state index in [9.17, 15) is 19.5 Å². The maximum atomic E-state index is 13.2. The number of rotatable bonds is 4. The Kier molecular flexibility index (Phi) is 6.67. The highest BCUT2D eigenvalue weighted by Gasteiger charge is 2.42. The summed E-state index contributed by atoms with van der Waals surface area (Å²) in [7, 11) is 0. The number of nitrogens with zero attached hydrogens (tertiary/aromatic N) is 3. The van der Waals surface area contributed by atoms with Crippen LogP contribution in [-0.4, -0.2) is 76.5 Å². The Morgan fingerprint density at radius 2 is 1.72 bits per heavy atom. The van der Waals surface area contributed by atoms with E-state index in [0.717, 1.165) is 5.56 Å². The van der Waals surface area contributed by atoms with Gasteiger partial charge in [-0.2, -0.15) is 0 Å². The van der Waals surface area contributed by atoms with Gasteiger partial charge in [-0.05, 0) is 37.5 Å². The van der Waals surface area contributed by atoms with Crippen LogP contribution in [0.3, 0.4) is 0 Å². The Morgan fingerprint density at radius 3 is 2.24 bits per heavy atom. The molecule has 8 heteroatoms. The lowest BCUT2D eigenvalue weighted by Crippen LogP contribution is -2.45. The molecule has 3 amide bonds. The SMILES string of the molecule is CCN(C(=O)O)[C@@H]1CN(C(=O)C2CCN(C(C)=O)CC2)C[C@H]1c1ccc(Cl)cc1. The fourth-order valence-corrected chi connectivity index (χ4v) is 4.66. The Morgan fingerprint density at radius 1 is 1.10 bits per heavy atom. The molecule has 1 aromatic rings. The summed E-state index contributed by atoms with van der Waals surface area (Å²) >= 11 is 6.01. The predicted molar refractivity (Wildman–Crippen MR) is 110 cm³/mol. The van der Waals surface area contributed by atoms with Crippen molar-refractivity contribution in [2.45, 2.75) is 38.6 Å². The lowest BCUT2D eigenvalue weighted by Gasteiger charge is -2.33. The molecule has 0 radical (unpaired) electrons. The Hall–Kier alpha value is -2.28. The molecule has 0 aliphatic carbocycles. The highest BCUT2D eigenvalue weighted by molar-refractivity contribution is 6.30. The van der Waals surface area contributed by atoms with E-state index in [1.165, 1.54) is 4.90 Å². The summed E-state index contributed by atoms with van der Waals surface area (Å²) in [5, 5.41) is 10.3. The van der Waals surface area contributed by atoms with E-state index >= 15 is 0 Å². The van der Waals surface area contributed by atoms with Gasteiger partial charge in [0.05, 0.1) is 6.04 Å². The van der Waals surface area contributed by atoms with Crippen molar-refractivity contribution in [2.24, 2.45) is 5.92 Å². The third kappa shape index (κ3) is 4.66. The molecule has 0 saturated carbocycles. The summed E-state index contributed by atoms with van der Waals surface area (Å²) in [5.74, 6) is -0.101. The highest BCUT2D eigenvalue weighted by atomic mass is 35.5. The van der Waals surface area contributed by atoms with Gasteiger partial charge in [0.2, 0.25) is 11.8 Å². The first-order valence-electron chi connectivity index (χ1n) is 10.1. The Balaban J connectivity index is 1.77. The van der Waals surface area contributed by atoms with E-state index in [1.54, 1.807) is 24.0 Å². The van der Waals surface area contributed by atoms with Gasteiger partial charge >= 0.3 is 6.09 Å². The van der Waals surface area contributed by atoms with Gasteiger partial charge in [-0.1, -0.05) is 23.7 Å². The Labute approximate surface area is 176 Å². The van der Waals surface area contributed by atoms with Gasteiger partial charge in [0, 0.05) is 56.5 Å². The van der Waals surface area contributed by atoms with Crippen LogP contribution in [0.5, 0.6) is 0 Å². The molecular formula is C21H28ClN3O4. The van der Waals surface area contributed by atoms with Crippen molar-refractivity contribution < 1.29 is 19.5 Å². The molecule has 158 valence electrons. The van der Waals surface area contributed by atoms with Gasteiger partial charge in [0.1, 0.15) is 0 Å². The van der Waals surface area contributed by atoms with Crippen molar-refractivity contribution in [1.82, 2.24) is 14.7 Å². The molecule has 2 aliphatic rings. The van der Waals surface area contributed by atoms with Crippen LogP contribution in [0.2, 0.25) is 5.02 Å². The molecule has 3 rings (SSSR count). The van der Waals surface area contributed by atoms with E-state index in [-0.39, 0.29) is 29.7 Å². The second-order valence-electron chi connectivity index (χ2n) is 7.82. The van der Waals surface area contributed by atoms with Crippen LogP contribution in [0, 0.1) is 5.92 Å². The average molecular weight is 422 g/mol. The van der Waals surface area contributed by atoms with E-state index in [1.807, 2.05) is 24.0 Å². The zero-order valence-electron chi connectivity index (χ0n) is 16.9. The van der Waals surface area contributed by atoms with Crippen molar-refractivity contribution in [1.29, 1.82) is 0 Å². The van der Waals surface area contributed by atoms with E-state index < -0.39 is 6.09 Å². The number of hydrogen-bond acceptors (Lipinski definition) is 3. The van der Waals surface area contributed by atoms with Gasteiger partial charge in [-0.15, -0.1) is 0 Å². The van der Waals surface area contributed by atoms with Crippen LogP contribution in [0.15, 0.2) is 24.3 Å². The molecule has 29 heavy (non-hydrogen) atoms. The average Bonchev–Trinajstić information content (AvgIpc) is 3.13. The lowest BCUT2D eigenvalue weighted by atomic mass is 9.93. The van der Waals surface area contributed by atoms with Gasteiger partial charge in [-0.25, -0.2) is 4.79 Å². The number of likely N-dealkylation sites (N-methyl/N-ethyl adjacent to an activating group) is 1. The van der Waals surface area contributed by atoms with Crippen LogP contribution >= 0.6 is 11.6 Å². The van der Waals surface area contributed by atoms with Crippen LogP contribution in [0.4, 0.5) is 4.79 Å². The fourth-order valence-electron chi connectivity index (χ4n) is 4.53. The van der Waals surface area contributed by atoms with Crippen LogP contribution < -0.4 is 0 Å². The summed E-state index contributed by atoms with van der Waals surface area (Å²) in [4.78, 5) is 41.5. The van der Waals surface area contributed by atoms with Gasteiger partial charge in [0.15, 0.2) is 0 Å². The molecule has 2 saturated heterocycles. The fraction of sp³-hybridized carbons (Fsp3) is 0.571. The summed E-state index contributed by atoms with van der Waals surface area (Å²) < 4.78 is 0. The monoisotopic (exact) mass is 421 g/mol. The quantitative estimate of drug-likeness (QED) is 0.810. The second kappa shape index (κ2) is 9.03. The van der Waals surface area contributed by atoms with Crippen LogP contribution in [0.1, 0.15) is 38.2 Å². The smallest absolute Gasteiger partial charge is 0.407 e. The Bertz CT molecular complexity index is 762. The highest BCUT2D eigenvalue weighted by Crippen LogP contribution is 2.34. The topological polar surface area (TPSA) is 81.2 Å². The number of carbonyl (C=O) groups is 3. The molecule has 2 aliphatic heterocycles. The van der Waals surface area contributed by atoms with Gasteiger partial charge in [0.25, 0.3) is 0 Å². The van der Waals surface area contributed by atoms with Crippen LogP contribution in [0.25, 0.3) is 0 Å². The van der Waals surface area contributed by atoms with Crippen LogP contribution in [-0.2, 0) is 9.59 Å². The molecule has 0 aromatic heterocycles. The number of amides is 3. The van der Waals surface area contributed by atoms with E-state index in [4.69, 9.17) is 11.6 Å². The number of piperidine rings is 1. The van der Waals surface area contributed by atoms with E-state index in [0.29, 0.717) is 50.6 Å². The number of halogens is 1. The standard InChI is InChI=1S/C21H28ClN3O4/c1-3-25(21(28)29)19-13-24(12-18(19)15-4-6-17(22)7-5-15)20(27)16-8-10-23(11-9-16)14(2)26/h4-7,16,18-19H,3,8-13H2,1-2H3,(H,28,29)/t18-,19+/m0/s1. The lowest BCUT2D eigenvalue weighted by molar-refractivity contribution is -0.139. The first-order chi connectivity index (χ1) is 13.8. The molecular weight excluding hydrogens is 394 g/mol. The first kappa shape index (κ1) is 21.4. The number of carboxylic acid groups (broad SMARTS) is 1. The summed E-state index contributed by atoms with van der Waals surface area (Å²) in [6.45, 7) is 5.80. The largest absolute Gasteiger partial charge is 0.465 e. The van der Waals surface area contributed by atoms with E-state index in [2.05, 4.69) is 0 Å². The van der Waals surface area contributed by atoms with Crippen molar-refractivity contribution in [2.75, 3.05) is 32.7 Å². The number of carbonyl (C=O) groups excluding carboxylic acids is 2. The molecule has 7 nitrogen and oxygen atoms in total. The molecule has 1 N–H and O–H groups in total. The minimum absolute atomic E-state index is 0.0417. The predicted octanol–water partition coefficient (Wildman–Crippen LogP) is 2.89. The van der Waals surface area contributed by atoms with Gasteiger partial charge in [-0.3, -0.25) is 9.59 Å². The molecule has 0 spiro atoms. The minimum Gasteiger partial charge on any atom is -0.465 e. The molecule has 0 unspecified atom stereocenters. The van der Waals surface area contributed by atoms with Gasteiger partial charge < -0.3 is 19.8 Å². The molecule has 0 bridgehead atoms. The molecule has 2 atom stereocenters. The number of hydrogen-bond donors (Lipinski definition) is 1. The normalized spacial score (nSPS) is 22.6.